The summed E-state index contributed by atoms with van der Waals surface area (Å²) in [4.78, 5) is 8.97. The van der Waals surface area contributed by atoms with Gasteiger partial charge in [-0.15, -0.1) is 0 Å². The van der Waals surface area contributed by atoms with Crippen LogP contribution in [0.1, 0.15) is 36.1 Å². The maximum absolute atomic E-state index is 14.0. The Morgan fingerprint density at radius 2 is 2.03 bits per heavy atom. The third kappa shape index (κ3) is 5.06. The molecule has 2 aliphatic rings. The van der Waals surface area contributed by atoms with Crippen LogP contribution < -0.4 is 4.74 Å². The van der Waals surface area contributed by atoms with Crippen LogP contribution in [0.2, 0.25) is 0 Å². The zero-order valence-corrected chi connectivity index (χ0v) is 19.9. The number of hydrogen-bond donors (Lipinski definition) is 1. The van der Waals surface area contributed by atoms with Gasteiger partial charge >= 0.3 is 0 Å². The van der Waals surface area contributed by atoms with Crippen LogP contribution in [-0.2, 0) is 20.9 Å². The summed E-state index contributed by atoms with van der Waals surface area (Å²) in [5.41, 5.74) is 3.92. The largest absolute Gasteiger partial charge is 0.488 e. The van der Waals surface area contributed by atoms with Crippen molar-refractivity contribution in [2.45, 2.75) is 44.8 Å². The quantitative estimate of drug-likeness (QED) is 0.585. The van der Waals surface area contributed by atoms with Gasteiger partial charge in [-0.2, -0.15) is 4.36 Å². The molecule has 2 aliphatic heterocycles. The molecule has 2 saturated heterocycles. The summed E-state index contributed by atoms with van der Waals surface area (Å²) >= 11 is 0. The molecule has 0 unspecified atom stereocenters. The molecule has 3 heterocycles. The number of hydrogen-bond acceptors (Lipinski definition) is 7. The molecular formula is C25H28FN3O4S. The van der Waals surface area contributed by atoms with Crippen LogP contribution in [0, 0.1) is 12.7 Å². The number of halogens is 1. The first kappa shape index (κ1) is 23.1. The second-order valence-corrected chi connectivity index (χ2v) is 11.6. The number of ether oxygens (including phenoxy) is 2. The van der Waals surface area contributed by atoms with Crippen molar-refractivity contribution in [3.63, 3.8) is 0 Å². The van der Waals surface area contributed by atoms with E-state index in [0.717, 1.165) is 34.1 Å². The van der Waals surface area contributed by atoms with Crippen molar-refractivity contribution >= 4 is 26.3 Å². The van der Waals surface area contributed by atoms with Crippen molar-refractivity contribution in [1.82, 2.24) is 9.97 Å². The maximum atomic E-state index is 14.0. The van der Waals surface area contributed by atoms with Crippen molar-refractivity contribution in [2.75, 3.05) is 24.7 Å². The Balaban J connectivity index is 1.48. The highest BCUT2D eigenvalue weighted by molar-refractivity contribution is 7.93. The Labute approximate surface area is 198 Å². The lowest BCUT2D eigenvalue weighted by molar-refractivity contribution is 0.140. The molecule has 180 valence electrons. The second kappa shape index (κ2) is 9.56. The Morgan fingerprint density at radius 1 is 1.21 bits per heavy atom. The van der Waals surface area contributed by atoms with Crippen LogP contribution in [0.4, 0.5) is 10.1 Å². The van der Waals surface area contributed by atoms with E-state index in [9.17, 15) is 13.7 Å². The summed E-state index contributed by atoms with van der Waals surface area (Å²) in [6.45, 7) is 3.11. The molecule has 2 fully saturated rings. The third-order valence-electron chi connectivity index (χ3n) is 6.38. The first-order chi connectivity index (χ1) is 16.4. The normalized spacial score (nSPS) is 24.9. The molecule has 34 heavy (non-hydrogen) atoms. The van der Waals surface area contributed by atoms with Crippen LogP contribution in [-0.4, -0.2) is 56.2 Å². The van der Waals surface area contributed by atoms with Gasteiger partial charge in [-0.25, -0.2) is 18.6 Å². The molecule has 0 radical (unpaired) electrons. The van der Waals surface area contributed by atoms with Gasteiger partial charge in [0.1, 0.15) is 24.0 Å². The molecule has 1 atom stereocenters. The topological polar surface area (TPSA) is 93.9 Å². The van der Waals surface area contributed by atoms with E-state index in [4.69, 9.17) is 9.47 Å². The predicted molar refractivity (Wildman–Crippen MR) is 129 cm³/mol. The zero-order valence-electron chi connectivity index (χ0n) is 19.1. The van der Waals surface area contributed by atoms with E-state index in [1.54, 1.807) is 6.07 Å². The molecule has 1 N–H and O–H groups in total. The van der Waals surface area contributed by atoms with Crippen LogP contribution >= 0.6 is 0 Å². The van der Waals surface area contributed by atoms with E-state index in [2.05, 4.69) is 14.3 Å². The number of fused-ring (bicyclic) bond motifs is 1. The maximum Gasteiger partial charge on any atom is 0.126 e. The summed E-state index contributed by atoms with van der Waals surface area (Å²) in [6.07, 6.45) is 3.28. The van der Waals surface area contributed by atoms with E-state index in [1.165, 1.54) is 18.5 Å². The average Bonchev–Trinajstić information content (AvgIpc) is 3.31. The first-order valence-electron chi connectivity index (χ1n) is 11.6. The Bertz CT molecular complexity index is 1320. The number of nitrogens with zero attached hydrogens (tertiary/aromatic N) is 3. The Morgan fingerprint density at radius 3 is 2.79 bits per heavy atom. The SMILES string of the molecule is Cc1cc(N=S2(=O)CCC(O)CC2)cc2ncnc(Cc3ccc(F)cc3O[C@H]3CCOC3)c12. The van der Waals surface area contributed by atoms with E-state index in [0.29, 0.717) is 55.4 Å². The van der Waals surface area contributed by atoms with E-state index < -0.39 is 9.73 Å². The third-order valence-corrected chi connectivity index (χ3v) is 8.67. The minimum atomic E-state index is -2.38. The summed E-state index contributed by atoms with van der Waals surface area (Å²) < 4.78 is 43.1. The lowest BCUT2D eigenvalue weighted by Gasteiger charge is -2.20. The molecule has 3 aromatic rings. The molecule has 0 bridgehead atoms. The van der Waals surface area contributed by atoms with Crippen molar-refractivity contribution in [3.05, 3.63) is 59.3 Å². The van der Waals surface area contributed by atoms with Gasteiger partial charge in [0.2, 0.25) is 0 Å². The number of aliphatic hydroxyl groups is 1. The Kier molecular flexibility index (Phi) is 6.50. The van der Waals surface area contributed by atoms with Crippen LogP contribution in [0.25, 0.3) is 10.9 Å². The molecule has 7 nitrogen and oxygen atoms in total. The average molecular weight is 486 g/mol. The molecular weight excluding hydrogens is 457 g/mol. The highest BCUT2D eigenvalue weighted by Gasteiger charge is 2.22. The summed E-state index contributed by atoms with van der Waals surface area (Å²) in [7, 11) is -2.38. The summed E-state index contributed by atoms with van der Waals surface area (Å²) in [6, 6.07) is 8.32. The molecule has 9 heteroatoms. The van der Waals surface area contributed by atoms with Crippen molar-refractivity contribution in [1.29, 1.82) is 0 Å². The van der Waals surface area contributed by atoms with Gasteiger partial charge in [0.25, 0.3) is 0 Å². The van der Waals surface area contributed by atoms with Gasteiger partial charge in [0, 0.05) is 41.4 Å². The van der Waals surface area contributed by atoms with E-state index in [-0.39, 0.29) is 18.0 Å². The molecule has 0 spiro atoms. The van der Waals surface area contributed by atoms with Crippen molar-refractivity contribution in [3.8, 4) is 5.75 Å². The molecule has 0 amide bonds. The molecule has 0 saturated carbocycles. The fourth-order valence-electron chi connectivity index (χ4n) is 4.56. The summed E-state index contributed by atoms with van der Waals surface area (Å²) in [5.74, 6) is 0.957. The predicted octanol–water partition coefficient (Wildman–Crippen LogP) is 4.09. The van der Waals surface area contributed by atoms with Gasteiger partial charge in [0.05, 0.1) is 45.9 Å². The monoisotopic (exact) mass is 485 g/mol. The smallest absolute Gasteiger partial charge is 0.126 e. The fourth-order valence-corrected chi connectivity index (χ4v) is 6.72. The van der Waals surface area contributed by atoms with Crippen LogP contribution in [0.15, 0.2) is 41.0 Å². The number of aliphatic hydroxyl groups excluding tert-OH is 1. The van der Waals surface area contributed by atoms with E-state index >= 15 is 0 Å². The lowest BCUT2D eigenvalue weighted by atomic mass is 10.0. The minimum Gasteiger partial charge on any atom is -0.488 e. The zero-order chi connectivity index (χ0) is 23.7. The molecule has 5 rings (SSSR count). The molecule has 0 aliphatic carbocycles. The van der Waals surface area contributed by atoms with Gasteiger partial charge < -0.3 is 14.6 Å². The number of benzene rings is 2. The standard InChI is InChI=1S/C25H28FN3O4S/c1-16-10-19(29-34(31)8-5-20(30)6-9-34)13-23-25(16)22(27-15-28-23)11-17-2-3-18(26)12-24(17)33-21-4-7-32-14-21/h2-3,10,12-13,15,20-21,30H,4-9,11,14H2,1H3/t20?,21-,34?/m0/s1. The lowest BCUT2D eigenvalue weighted by Crippen LogP contribution is -2.26. The van der Waals surface area contributed by atoms with Gasteiger partial charge in [-0.3, -0.25) is 0 Å². The van der Waals surface area contributed by atoms with E-state index in [1.807, 2.05) is 19.1 Å². The van der Waals surface area contributed by atoms with Crippen LogP contribution in [0.5, 0.6) is 5.75 Å². The van der Waals surface area contributed by atoms with Gasteiger partial charge in [-0.05, 0) is 43.5 Å². The van der Waals surface area contributed by atoms with Crippen LogP contribution in [0.3, 0.4) is 0 Å². The van der Waals surface area contributed by atoms with Gasteiger partial charge in [0.15, 0.2) is 0 Å². The second-order valence-electron chi connectivity index (χ2n) is 9.01. The Hall–Kier alpha value is -2.62. The number of aryl methyl sites for hydroxylation is 1. The molecule has 1 aromatic heterocycles. The number of rotatable bonds is 5. The summed E-state index contributed by atoms with van der Waals surface area (Å²) in [5, 5.41) is 10.6. The fraction of sp³-hybridized carbons (Fsp3) is 0.440. The molecule has 2 aromatic carbocycles. The van der Waals surface area contributed by atoms with Crippen molar-refractivity contribution in [2.24, 2.45) is 4.36 Å². The van der Waals surface area contributed by atoms with Gasteiger partial charge in [-0.1, -0.05) is 6.07 Å². The highest BCUT2D eigenvalue weighted by atomic mass is 32.2. The highest BCUT2D eigenvalue weighted by Crippen LogP contribution is 2.31. The van der Waals surface area contributed by atoms with Crippen molar-refractivity contribution < 1.29 is 23.2 Å². The minimum absolute atomic E-state index is 0.0867. The number of aromatic nitrogens is 2. The first-order valence-corrected chi connectivity index (χ1v) is 13.4.